The Morgan fingerprint density at radius 1 is 0.266 bits per heavy atom. The van der Waals surface area contributed by atoms with Gasteiger partial charge >= 0.3 is 31.3 Å². The van der Waals surface area contributed by atoms with Crippen LogP contribution in [0, 0.1) is 0 Å². The van der Waals surface area contributed by atoms with Crippen LogP contribution in [0.15, 0.2) is 0 Å². The number of rotatable bonds is 44. The predicted molar refractivity (Wildman–Crippen MR) is 248 cm³/mol. The van der Waals surface area contributed by atoms with Crippen LogP contribution < -0.4 is 0 Å². The van der Waals surface area contributed by atoms with Crippen molar-refractivity contribution < 1.29 is 82.0 Å². The first-order valence-electron chi connectivity index (χ1n) is 24.3. The number of unbranched alkanes of at least 4 members (excludes halogenated alkanes) is 8. The first-order valence-corrected chi connectivity index (χ1v) is 30.1. The fourth-order valence-corrected chi connectivity index (χ4v) is 11.7. The monoisotopic (exact) mass is 1000 g/mol. The van der Waals surface area contributed by atoms with Crippen LogP contribution in [0.1, 0.15) is 172 Å². The van der Waals surface area contributed by atoms with Gasteiger partial charge in [0.2, 0.25) is 0 Å². The highest BCUT2D eigenvalue weighted by Crippen LogP contribution is 2.61. The van der Waals surface area contributed by atoms with Crippen LogP contribution >= 0.6 is 31.3 Å². The molecule has 0 spiro atoms. The fourth-order valence-electron chi connectivity index (χ4n) is 5.92. The molecule has 0 aromatic heterocycles. The van der Waals surface area contributed by atoms with Crippen molar-refractivity contribution in [1.29, 1.82) is 0 Å². The van der Waals surface area contributed by atoms with Crippen molar-refractivity contribution in [2.45, 2.75) is 209 Å². The van der Waals surface area contributed by atoms with Gasteiger partial charge in [0.25, 0.3) is 0 Å². The van der Waals surface area contributed by atoms with Gasteiger partial charge in [0.15, 0.2) is 0 Å². The van der Waals surface area contributed by atoms with Gasteiger partial charge in [0, 0.05) is 13.2 Å². The zero-order chi connectivity index (χ0) is 47.7. The lowest BCUT2D eigenvalue weighted by molar-refractivity contribution is -0.233. The van der Waals surface area contributed by atoms with Crippen LogP contribution in [0.2, 0.25) is 0 Å². The molecule has 0 aromatic carbocycles. The second-order valence-electron chi connectivity index (χ2n) is 15.4. The van der Waals surface area contributed by atoms with E-state index in [9.17, 15) is 18.3 Å². The van der Waals surface area contributed by atoms with E-state index in [1.165, 1.54) is 0 Å². The molecule has 1 rings (SSSR count). The van der Waals surface area contributed by atoms with E-state index in [1.807, 2.05) is 55.4 Å². The van der Waals surface area contributed by atoms with E-state index < -0.39 is 67.9 Å². The minimum absolute atomic E-state index is 0.00979. The summed E-state index contributed by atoms with van der Waals surface area (Å²) in [6.45, 7) is 19.0. The van der Waals surface area contributed by atoms with Gasteiger partial charge in [-0.1, -0.05) is 107 Å². The van der Waals surface area contributed by atoms with E-state index in [0.717, 1.165) is 0 Å². The third kappa shape index (κ3) is 24.3. The van der Waals surface area contributed by atoms with Gasteiger partial charge in [-0.2, -0.15) is 0 Å². The molecule has 64 heavy (non-hydrogen) atoms. The second-order valence-corrected chi connectivity index (χ2v) is 21.9. The third-order valence-electron chi connectivity index (χ3n) is 9.64. The maximum absolute atomic E-state index is 14.9. The van der Waals surface area contributed by atoms with Gasteiger partial charge in [0.1, 0.15) is 36.6 Å². The zero-order valence-electron chi connectivity index (χ0n) is 41.0. The topological polar surface area (TPSA) is 197 Å². The van der Waals surface area contributed by atoms with Crippen LogP contribution in [-0.4, -0.2) is 103 Å². The van der Waals surface area contributed by atoms with E-state index >= 15 is 0 Å². The Bertz CT molecular complexity index is 1100. The molecule has 1 fully saturated rings. The minimum Gasteiger partial charge on any atom is -0.373 e. The molecule has 18 nitrogen and oxygen atoms in total. The fraction of sp³-hybridized carbons (Fsp3) is 1.00. The van der Waals surface area contributed by atoms with Crippen molar-refractivity contribution in [3.63, 3.8) is 0 Å². The van der Waals surface area contributed by atoms with Crippen LogP contribution in [0.5, 0.6) is 0 Å². The number of phosphoric acid groups is 4. The quantitative estimate of drug-likeness (QED) is 0.0412. The molecule has 6 atom stereocenters. The molecular formula is C42H88O18P4. The summed E-state index contributed by atoms with van der Waals surface area (Å²) in [5.41, 5.74) is 0. The van der Waals surface area contributed by atoms with Crippen LogP contribution in [0.4, 0.5) is 0 Å². The zero-order valence-corrected chi connectivity index (χ0v) is 44.6. The Labute approximate surface area is 386 Å². The number of hydrogen-bond acceptors (Lipinski definition) is 18. The highest BCUT2D eigenvalue weighted by molar-refractivity contribution is 7.49. The summed E-state index contributed by atoms with van der Waals surface area (Å²) in [5.74, 6) is 0. The molecule has 0 heterocycles. The molecule has 0 amide bonds. The average molecular weight is 1010 g/mol. The van der Waals surface area contributed by atoms with E-state index in [-0.39, 0.29) is 66.1 Å². The van der Waals surface area contributed by atoms with Crippen LogP contribution in [0.3, 0.4) is 0 Å². The van der Waals surface area contributed by atoms with Gasteiger partial charge in [0.05, 0.1) is 52.9 Å². The molecule has 0 saturated heterocycles. The average Bonchev–Trinajstić information content (AvgIpc) is 3.25. The van der Waals surface area contributed by atoms with E-state index in [0.29, 0.717) is 103 Å². The van der Waals surface area contributed by atoms with Crippen molar-refractivity contribution in [2.75, 3.05) is 66.1 Å². The lowest BCUT2D eigenvalue weighted by Crippen LogP contribution is -2.67. The SMILES string of the molecule is CCCCOP(=O)(OCCCC)O[C@@H]1[C@@H](OCC)[C@H](OP(=O)(OCCCC)OCCCC)[C@@H](OP(=O)(OCCCC)OCCCC)[C@@H](OCC)[C@H]1OP(=O)(OCCCC)OCCCC. The smallest absolute Gasteiger partial charge is 0.373 e. The number of phosphoric ester groups is 4. The lowest BCUT2D eigenvalue weighted by atomic mass is 9.84. The van der Waals surface area contributed by atoms with E-state index in [2.05, 4.69) is 0 Å². The van der Waals surface area contributed by atoms with Gasteiger partial charge in [-0.3, -0.25) is 54.3 Å². The summed E-state index contributed by atoms with van der Waals surface area (Å²) in [5, 5.41) is 0. The summed E-state index contributed by atoms with van der Waals surface area (Å²) in [4.78, 5) is 0. The predicted octanol–water partition coefficient (Wildman–Crippen LogP) is 13.3. The van der Waals surface area contributed by atoms with Crippen LogP contribution in [-0.2, 0) is 82.0 Å². The first kappa shape index (κ1) is 62.4. The number of hydrogen-bond donors (Lipinski definition) is 0. The summed E-state index contributed by atoms with van der Waals surface area (Å²) in [7, 11) is -18.2. The molecule has 0 bridgehead atoms. The highest BCUT2D eigenvalue weighted by atomic mass is 31.2. The van der Waals surface area contributed by atoms with Crippen molar-refractivity contribution in [3.05, 3.63) is 0 Å². The molecular weight excluding hydrogens is 916 g/mol. The van der Waals surface area contributed by atoms with Crippen molar-refractivity contribution >= 4 is 31.3 Å². The first-order chi connectivity index (χ1) is 30.8. The summed E-state index contributed by atoms with van der Waals surface area (Å²) >= 11 is 0. The second kappa shape index (κ2) is 36.3. The van der Waals surface area contributed by atoms with Gasteiger partial charge in [-0.25, -0.2) is 18.3 Å². The molecule has 0 radical (unpaired) electrons. The van der Waals surface area contributed by atoms with Crippen LogP contribution in [0.25, 0.3) is 0 Å². The minimum atomic E-state index is -4.55. The van der Waals surface area contributed by atoms with Gasteiger partial charge in [-0.05, 0) is 65.2 Å². The maximum Gasteiger partial charge on any atom is 0.475 e. The molecule has 1 saturated carbocycles. The summed E-state index contributed by atoms with van der Waals surface area (Å²) in [6, 6.07) is 0. The van der Waals surface area contributed by atoms with Crippen molar-refractivity contribution in [3.8, 4) is 0 Å². The summed E-state index contributed by atoms with van der Waals surface area (Å²) < 4.78 is 146. The maximum atomic E-state index is 14.9. The molecule has 0 aliphatic heterocycles. The lowest BCUT2D eigenvalue weighted by Gasteiger charge is -2.50. The van der Waals surface area contributed by atoms with E-state index in [4.69, 9.17) is 63.8 Å². The molecule has 0 N–H and O–H groups in total. The Morgan fingerprint density at radius 2 is 0.422 bits per heavy atom. The molecule has 22 heteroatoms. The molecule has 0 aromatic rings. The largest absolute Gasteiger partial charge is 0.475 e. The molecule has 1 aliphatic rings. The number of ether oxygens (including phenoxy) is 2. The Kier molecular flexibility index (Phi) is 35.4. The standard InChI is InChI=1S/C42H88O18P4/c1-11-21-29-49-61(43,50-30-22-12-2)57-39-37(47-19-9)41(59-63(45,53-33-25-15-5)54-34-26-16-6)42(60-64(46,55-35-27-17-7)56-36-28-18-8)38(48-20-10)40(39)58-62(44,51-31-23-13-3)52-32-24-14-4/h37-42H,11-36H2,1-10H3/t37-,38+,39-,40-,41+,42+. The highest BCUT2D eigenvalue weighted by Gasteiger charge is 2.62. The van der Waals surface area contributed by atoms with Crippen molar-refractivity contribution in [2.24, 2.45) is 0 Å². The molecule has 0 unspecified atom stereocenters. The van der Waals surface area contributed by atoms with Gasteiger partial charge < -0.3 is 9.47 Å². The normalized spacial score (nSPS) is 21.2. The molecule has 1 aliphatic carbocycles. The molecule has 384 valence electrons. The third-order valence-corrected chi connectivity index (χ3v) is 15.6. The Morgan fingerprint density at radius 3 is 0.547 bits per heavy atom. The Hall–Kier alpha value is 0.360. The Balaban J connectivity index is 4.44. The summed E-state index contributed by atoms with van der Waals surface area (Å²) in [6.07, 6.45) is 0.386. The van der Waals surface area contributed by atoms with Gasteiger partial charge in [-0.15, -0.1) is 0 Å². The van der Waals surface area contributed by atoms with E-state index in [1.54, 1.807) is 13.8 Å². The van der Waals surface area contributed by atoms with Crippen molar-refractivity contribution in [1.82, 2.24) is 0 Å².